The summed E-state index contributed by atoms with van der Waals surface area (Å²) in [5.74, 6) is -2.72. The molecular weight excluding hydrogens is 504 g/mol. The lowest BCUT2D eigenvalue weighted by molar-refractivity contribution is -0.154. The summed E-state index contributed by atoms with van der Waals surface area (Å²) in [6.45, 7) is 1.99. The monoisotopic (exact) mass is 530 g/mol. The van der Waals surface area contributed by atoms with Gasteiger partial charge in [0.25, 0.3) is 0 Å². The second-order valence-electron chi connectivity index (χ2n) is 9.08. The lowest BCUT2D eigenvalue weighted by Crippen LogP contribution is -2.54. The minimum absolute atomic E-state index is 0.119. The number of hydrogen-bond acceptors (Lipinski definition) is 6. The molecule has 1 spiro atoms. The highest BCUT2D eigenvalue weighted by Gasteiger charge is 2.76. The van der Waals surface area contributed by atoms with E-state index in [1.807, 2.05) is 42.5 Å². The number of aliphatic hydroxyl groups excluding tert-OH is 1. The number of rotatable bonds is 7. The SMILES string of the molecule is CCOC(=O)[C@H]1[C@@H]2O[C@@]3(CC2Br)[C@@H]1C(=O)N(CCCO)[C@@H]3C(=O)Nc1ccc2ccccc2c1. The Morgan fingerprint density at radius 3 is 2.76 bits per heavy atom. The van der Waals surface area contributed by atoms with Crippen molar-refractivity contribution in [3.05, 3.63) is 42.5 Å². The first-order valence-corrected chi connectivity index (χ1v) is 12.5. The number of anilines is 1. The number of alkyl halides is 1. The average Bonchev–Trinajstić information content (AvgIpc) is 3.41. The van der Waals surface area contributed by atoms with Gasteiger partial charge in [-0.25, -0.2) is 0 Å². The molecule has 0 saturated carbocycles. The molecule has 2 bridgehead atoms. The number of halogens is 1. The number of fused-ring (bicyclic) bond motifs is 2. The summed E-state index contributed by atoms with van der Waals surface area (Å²) < 4.78 is 11.6. The van der Waals surface area contributed by atoms with Gasteiger partial charge in [0.15, 0.2) is 0 Å². The van der Waals surface area contributed by atoms with Crippen LogP contribution in [0.15, 0.2) is 42.5 Å². The first-order valence-electron chi connectivity index (χ1n) is 11.6. The van der Waals surface area contributed by atoms with E-state index in [4.69, 9.17) is 9.47 Å². The van der Waals surface area contributed by atoms with Gasteiger partial charge in [-0.1, -0.05) is 46.3 Å². The Kier molecular flexibility index (Phi) is 6.12. The molecule has 1 unspecified atom stereocenters. The van der Waals surface area contributed by atoms with Gasteiger partial charge in [0, 0.05) is 23.7 Å². The van der Waals surface area contributed by atoms with E-state index in [0.717, 1.165) is 10.8 Å². The lowest BCUT2D eigenvalue weighted by atomic mass is 9.70. The van der Waals surface area contributed by atoms with Gasteiger partial charge >= 0.3 is 5.97 Å². The Morgan fingerprint density at radius 2 is 2.03 bits per heavy atom. The quantitative estimate of drug-likeness (QED) is 0.420. The fourth-order valence-corrected chi connectivity index (χ4v) is 6.84. The zero-order valence-electron chi connectivity index (χ0n) is 18.8. The second-order valence-corrected chi connectivity index (χ2v) is 10.3. The Balaban J connectivity index is 1.50. The zero-order valence-corrected chi connectivity index (χ0v) is 20.4. The van der Waals surface area contributed by atoms with Gasteiger partial charge in [0.1, 0.15) is 11.6 Å². The van der Waals surface area contributed by atoms with Crippen molar-refractivity contribution in [3.63, 3.8) is 0 Å². The number of carbonyl (C=O) groups is 3. The number of ether oxygens (including phenoxy) is 2. The van der Waals surface area contributed by atoms with Gasteiger partial charge in [-0.05, 0) is 42.7 Å². The maximum Gasteiger partial charge on any atom is 0.312 e. The molecule has 9 heteroatoms. The minimum atomic E-state index is -1.14. The van der Waals surface area contributed by atoms with Crippen LogP contribution in [0, 0.1) is 11.8 Å². The third-order valence-electron chi connectivity index (χ3n) is 7.17. The number of nitrogens with zero attached hydrogens (tertiary/aromatic N) is 1. The van der Waals surface area contributed by atoms with E-state index in [1.54, 1.807) is 6.92 Å². The van der Waals surface area contributed by atoms with E-state index in [1.165, 1.54) is 4.90 Å². The molecule has 2 amide bonds. The molecule has 0 aliphatic carbocycles. The maximum atomic E-state index is 13.7. The molecule has 34 heavy (non-hydrogen) atoms. The van der Waals surface area contributed by atoms with Crippen LogP contribution in [0.5, 0.6) is 0 Å². The third kappa shape index (κ3) is 3.52. The molecule has 3 fully saturated rings. The number of aliphatic hydroxyl groups is 1. The van der Waals surface area contributed by atoms with E-state index in [0.29, 0.717) is 18.5 Å². The highest BCUT2D eigenvalue weighted by molar-refractivity contribution is 9.09. The van der Waals surface area contributed by atoms with Gasteiger partial charge in [0.2, 0.25) is 11.8 Å². The van der Waals surface area contributed by atoms with Gasteiger partial charge in [0.05, 0.1) is 24.5 Å². The standard InChI is InChI=1S/C25H27BrN2O6/c1-2-33-24(32)18-19-23(31)28(10-5-11-29)21(25(19)13-17(26)20(18)34-25)22(30)27-16-9-8-14-6-3-4-7-15(14)12-16/h3-4,6-9,12,17-21,29H,2,5,10-11,13H2,1H3,(H,27,30)/t17?,18-,19+,20-,21-,25+/m1/s1. The molecule has 5 rings (SSSR count). The predicted molar refractivity (Wildman–Crippen MR) is 128 cm³/mol. The van der Waals surface area contributed by atoms with Crippen LogP contribution in [0.25, 0.3) is 10.8 Å². The smallest absolute Gasteiger partial charge is 0.312 e. The summed E-state index contributed by atoms with van der Waals surface area (Å²) in [6, 6.07) is 12.6. The van der Waals surface area contributed by atoms with Gasteiger partial charge in [-0.2, -0.15) is 0 Å². The van der Waals surface area contributed by atoms with Gasteiger partial charge in [-0.15, -0.1) is 0 Å². The molecule has 2 N–H and O–H groups in total. The normalized spacial score (nSPS) is 31.7. The van der Waals surface area contributed by atoms with E-state index in [2.05, 4.69) is 21.2 Å². The summed E-state index contributed by atoms with van der Waals surface area (Å²) in [6.07, 6.45) is 0.207. The van der Waals surface area contributed by atoms with Gasteiger partial charge < -0.3 is 24.8 Å². The second kappa shape index (κ2) is 8.94. The largest absolute Gasteiger partial charge is 0.466 e. The minimum Gasteiger partial charge on any atom is -0.466 e. The van der Waals surface area contributed by atoms with E-state index >= 15 is 0 Å². The number of nitrogens with one attached hydrogen (secondary N) is 1. The molecule has 6 atom stereocenters. The van der Waals surface area contributed by atoms with Crippen LogP contribution in [0.3, 0.4) is 0 Å². The van der Waals surface area contributed by atoms with Crippen molar-refractivity contribution in [3.8, 4) is 0 Å². The van der Waals surface area contributed by atoms with Crippen LogP contribution in [0.4, 0.5) is 5.69 Å². The Bertz CT molecular complexity index is 1140. The average molecular weight is 531 g/mol. The number of benzene rings is 2. The fourth-order valence-electron chi connectivity index (χ4n) is 5.90. The number of hydrogen-bond donors (Lipinski definition) is 2. The molecule has 3 heterocycles. The molecule has 2 aromatic rings. The van der Waals surface area contributed by atoms with Crippen LogP contribution in [0.1, 0.15) is 19.8 Å². The van der Waals surface area contributed by atoms with Crippen molar-refractivity contribution < 1.29 is 29.0 Å². The van der Waals surface area contributed by atoms with Crippen molar-refractivity contribution in [1.82, 2.24) is 4.90 Å². The number of likely N-dealkylation sites (tertiary alicyclic amines) is 1. The summed E-state index contributed by atoms with van der Waals surface area (Å²) >= 11 is 3.62. The molecule has 2 aromatic carbocycles. The van der Waals surface area contributed by atoms with Crippen LogP contribution >= 0.6 is 15.9 Å². The van der Waals surface area contributed by atoms with E-state index < -0.39 is 35.6 Å². The number of amides is 2. The molecule has 8 nitrogen and oxygen atoms in total. The molecule has 0 radical (unpaired) electrons. The van der Waals surface area contributed by atoms with Crippen LogP contribution < -0.4 is 5.32 Å². The lowest BCUT2D eigenvalue weighted by Gasteiger charge is -2.34. The topological polar surface area (TPSA) is 105 Å². The molecule has 3 aliphatic heterocycles. The Morgan fingerprint density at radius 1 is 1.26 bits per heavy atom. The van der Waals surface area contributed by atoms with Crippen LogP contribution in [-0.2, 0) is 23.9 Å². The summed E-state index contributed by atoms with van der Waals surface area (Å²) in [7, 11) is 0. The number of esters is 1. The molecule has 3 aliphatic rings. The van der Waals surface area contributed by atoms with Crippen molar-refractivity contribution >= 4 is 50.2 Å². The maximum absolute atomic E-state index is 13.7. The molecule has 0 aromatic heterocycles. The molecular formula is C25H27BrN2O6. The van der Waals surface area contributed by atoms with Crippen molar-refractivity contribution in [2.45, 2.75) is 42.3 Å². The molecule has 3 saturated heterocycles. The predicted octanol–water partition coefficient (Wildman–Crippen LogP) is 2.47. The highest BCUT2D eigenvalue weighted by atomic mass is 79.9. The zero-order chi connectivity index (χ0) is 24.0. The summed E-state index contributed by atoms with van der Waals surface area (Å²) in [5.41, 5.74) is -0.521. The van der Waals surface area contributed by atoms with Crippen molar-refractivity contribution in [2.75, 3.05) is 25.1 Å². The van der Waals surface area contributed by atoms with Gasteiger partial charge in [-0.3, -0.25) is 14.4 Å². The van der Waals surface area contributed by atoms with Crippen molar-refractivity contribution in [1.29, 1.82) is 0 Å². The Labute approximate surface area is 205 Å². The highest BCUT2D eigenvalue weighted by Crippen LogP contribution is 2.60. The van der Waals surface area contributed by atoms with Crippen LogP contribution in [0.2, 0.25) is 0 Å². The molecule has 180 valence electrons. The number of carbonyl (C=O) groups excluding carboxylic acids is 3. The van der Waals surface area contributed by atoms with E-state index in [-0.39, 0.29) is 36.4 Å². The summed E-state index contributed by atoms with van der Waals surface area (Å²) in [5, 5.41) is 14.4. The Hall–Kier alpha value is -2.49. The first kappa shape index (κ1) is 23.3. The summed E-state index contributed by atoms with van der Waals surface area (Å²) in [4.78, 5) is 41.5. The van der Waals surface area contributed by atoms with Crippen LogP contribution in [-0.4, -0.2) is 70.1 Å². The van der Waals surface area contributed by atoms with Crippen molar-refractivity contribution in [2.24, 2.45) is 11.8 Å². The van der Waals surface area contributed by atoms with E-state index in [9.17, 15) is 19.5 Å². The third-order valence-corrected chi connectivity index (χ3v) is 8.02. The first-order chi connectivity index (χ1) is 16.4. The fraction of sp³-hybridized carbons (Fsp3) is 0.480.